The molecule has 0 heterocycles. The molecule has 6 heteroatoms. The average Bonchev–Trinajstić information content (AvgIpc) is 2.70. The number of amides is 3. The lowest BCUT2D eigenvalue weighted by atomic mass is 9.95. The van der Waals surface area contributed by atoms with E-state index in [1.165, 1.54) is 19.3 Å². The fourth-order valence-corrected chi connectivity index (χ4v) is 3.19. The summed E-state index contributed by atoms with van der Waals surface area (Å²) < 4.78 is 5.09. The quantitative estimate of drug-likeness (QED) is 0.733. The summed E-state index contributed by atoms with van der Waals surface area (Å²) in [5.74, 6) is 0.666. The van der Waals surface area contributed by atoms with Crippen molar-refractivity contribution in [3.63, 3.8) is 0 Å². The van der Waals surface area contributed by atoms with Crippen LogP contribution >= 0.6 is 0 Å². The molecule has 3 rings (SSSR count). The number of hydrogen-bond donors (Lipinski definition) is 3. The van der Waals surface area contributed by atoms with Gasteiger partial charge in [0.1, 0.15) is 5.75 Å². The number of carbonyl (C=O) groups is 2. The van der Waals surface area contributed by atoms with Crippen molar-refractivity contribution in [2.45, 2.75) is 38.1 Å². The first-order chi connectivity index (χ1) is 13.1. The highest BCUT2D eigenvalue weighted by molar-refractivity contribution is 6.00. The maximum absolute atomic E-state index is 12.3. The first-order valence-corrected chi connectivity index (χ1v) is 9.27. The molecule has 0 atom stereocenters. The van der Waals surface area contributed by atoms with Crippen LogP contribution < -0.4 is 20.7 Å². The molecule has 0 saturated heterocycles. The Labute approximate surface area is 159 Å². The van der Waals surface area contributed by atoms with Crippen LogP contribution in [0.1, 0.15) is 42.5 Å². The Hall–Kier alpha value is -3.02. The van der Waals surface area contributed by atoms with Gasteiger partial charge in [-0.1, -0.05) is 19.3 Å². The van der Waals surface area contributed by atoms with Gasteiger partial charge < -0.3 is 20.7 Å². The summed E-state index contributed by atoms with van der Waals surface area (Å²) in [7, 11) is 1.59. The molecule has 3 amide bonds. The number of carbonyl (C=O) groups excluding carboxylic acids is 2. The molecule has 3 N–H and O–H groups in total. The lowest BCUT2D eigenvalue weighted by molar-refractivity contribution is 0.0927. The molecule has 142 valence electrons. The number of hydrogen-bond acceptors (Lipinski definition) is 3. The van der Waals surface area contributed by atoms with Gasteiger partial charge in [-0.25, -0.2) is 4.79 Å². The zero-order valence-corrected chi connectivity index (χ0v) is 15.5. The van der Waals surface area contributed by atoms with E-state index in [0.717, 1.165) is 18.6 Å². The third-order valence-electron chi connectivity index (χ3n) is 4.69. The summed E-state index contributed by atoms with van der Waals surface area (Å²) in [5, 5.41) is 8.59. The van der Waals surface area contributed by atoms with Crippen LogP contribution in [0.15, 0.2) is 48.5 Å². The Morgan fingerprint density at radius 3 is 1.96 bits per heavy atom. The van der Waals surface area contributed by atoms with Gasteiger partial charge in [0.2, 0.25) is 0 Å². The number of rotatable bonds is 5. The van der Waals surface area contributed by atoms with Crippen molar-refractivity contribution in [3.8, 4) is 5.75 Å². The Balaban J connectivity index is 1.51. The van der Waals surface area contributed by atoms with Crippen LogP contribution in [0.4, 0.5) is 16.2 Å². The molecule has 1 saturated carbocycles. The summed E-state index contributed by atoms with van der Waals surface area (Å²) in [6.07, 6.45) is 5.72. The van der Waals surface area contributed by atoms with Crippen molar-refractivity contribution in [3.05, 3.63) is 54.1 Å². The van der Waals surface area contributed by atoms with Gasteiger partial charge in [0.15, 0.2) is 0 Å². The maximum atomic E-state index is 12.3. The molecule has 1 aliphatic carbocycles. The molecule has 0 spiro atoms. The third kappa shape index (κ3) is 5.48. The molecule has 2 aromatic rings. The summed E-state index contributed by atoms with van der Waals surface area (Å²) in [6.45, 7) is 0. The Bertz CT molecular complexity index is 766. The normalized spacial score (nSPS) is 14.3. The van der Waals surface area contributed by atoms with E-state index in [0.29, 0.717) is 16.9 Å². The van der Waals surface area contributed by atoms with Crippen LogP contribution in [0.5, 0.6) is 5.75 Å². The maximum Gasteiger partial charge on any atom is 0.323 e. The van der Waals surface area contributed by atoms with Gasteiger partial charge in [0.25, 0.3) is 5.91 Å². The van der Waals surface area contributed by atoms with Crippen LogP contribution in [0.2, 0.25) is 0 Å². The smallest absolute Gasteiger partial charge is 0.323 e. The number of anilines is 2. The van der Waals surface area contributed by atoms with Crippen LogP contribution in [0, 0.1) is 0 Å². The predicted molar refractivity (Wildman–Crippen MR) is 106 cm³/mol. The molecule has 6 nitrogen and oxygen atoms in total. The van der Waals surface area contributed by atoms with Gasteiger partial charge in [0.05, 0.1) is 7.11 Å². The standard InChI is InChI=1S/C21H25N3O3/c1-27-19-13-11-18(12-14-19)24-21(26)23-17-9-7-15(8-10-17)20(25)22-16-5-3-2-4-6-16/h7-14,16H,2-6H2,1H3,(H,22,25)(H2,23,24,26). The minimum absolute atomic E-state index is 0.0591. The number of ether oxygens (including phenoxy) is 1. The molecular weight excluding hydrogens is 342 g/mol. The summed E-state index contributed by atoms with van der Waals surface area (Å²) >= 11 is 0. The summed E-state index contributed by atoms with van der Waals surface area (Å²) in [6, 6.07) is 13.9. The fourth-order valence-electron chi connectivity index (χ4n) is 3.19. The highest BCUT2D eigenvalue weighted by atomic mass is 16.5. The van der Waals surface area contributed by atoms with E-state index in [-0.39, 0.29) is 18.0 Å². The van der Waals surface area contributed by atoms with E-state index in [2.05, 4.69) is 16.0 Å². The topological polar surface area (TPSA) is 79.5 Å². The van der Waals surface area contributed by atoms with Gasteiger partial charge >= 0.3 is 6.03 Å². The Kier molecular flexibility index (Phi) is 6.30. The lowest BCUT2D eigenvalue weighted by Crippen LogP contribution is -2.36. The lowest BCUT2D eigenvalue weighted by Gasteiger charge is -2.22. The van der Waals surface area contributed by atoms with Crippen LogP contribution in [-0.4, -0.2) is 25.1 Å². The minimum Gasteiger partial charge on any atom is -0.497 e. The zero-order valence-electron chi connectivity index (χ0n) is 15.5. The van der Waals surface area contributed by atoms with E-state index >= 15 is 0 Å². The molecule has 1 fully saturated rings. The molecule has 2 aromatic carbocycles. The van der Waals surface area contributed by atoms with Crippen molar-refractivity contribution in [1.82, 2.24) is 5.32 Å². The molecule has 0 aliphatic heterocycles. The molecule has 0 unspecified atom stereocenters. The van der Waals surface area contributed by atoms with Gasteiger partial charge in [0, 0.05) is 23.0 Å². The predicted octanol–water partition coefficient (Wildman–Crippen LogP) is 4.40. The van der Waals surface area contributed by atoms with Gasteiger partial charge in [-0.15, -0.1) is 0 Å². The van der Waals surface area contributed by atoms with Crippen LogP contribution in [0.3, 0.4) is 0 Å². The Morgan fingerprint density at radius 2 is 1.41 bits per heavy atom. The van der Waals surface area contributed by atoms with Gasteiger partial charge in [-0.3, -0.25) is 4.79 Å². The largest absolute Gasteiger partial charge is 0.497 e. The second kappa shape index (κ2) is 9.07. The average molecular weight is 367 g/mol. The zero-order chi connectivity index (χ0) is 19.1. The van der Waals surface area contributed by atoms with E-state index in [9.17, 15) is 9.59 Å². The number of urea groups is 1. The monoisotopic (exact) mass is 367 g/mol. The molecule has 27 heavy (non-hydrogen) atoms. The van der Waals surface area contributed by atoms with Crippen molar-refractivity contribution in [1.29, 1.82) is 0 Å². The second-order valence-electron chi connectivity index (χ2n) is 6.69. The SMILES string of the molecule is COc1ccc(NC(=O)Nc2ccc(C(=O)NC3CCCCC3)cc2)cc1. The molecule has 0 aromatic heterocycles. The highest BCUT2D eigenvalue weighted by Crippen LogP contribution is 2.19. The molecule has 0 bridgehead atoms. The van der Waals surface area contributed by atoms with Crippen LogP contribution in [-0.2, 0) is 0 Å². The summed E-state index contributed by atoms with van der Waals surface area (Å²) in [5.41, 5.74) is 1.88. The van der Waals surface area contributed by atoms with Crippen molar-refractivity contribution in [2.75, 3.05) is 17.7 Å². The highest BCUT2D eigenvalue weighted by Gasteiger charge is 2.16. The summed E-state index contributed by atoms with van der Waals surface area (Å²) in [4.78, 5) is 24.4. The van der Waals surface area contributed by atoms with E-state index in [1.54, 1.807) is 55.6 Å². The third-order valence-corrected chi connectivity index (χ3v) is 4.69. The first kappa shape index (κ1) is 18.8. The number of benzene rings is 2. The van der Waals surface area contributed by atoms with E-state index in [4.69, 9.17) is 4.74 Å². The van der Waals surface area contributed by atoms with Crippen molar-refractivity contribution in [2.24, 2.45) is 0 Å². The number of nitrogens with one attached hydrogen (secondary N) is 3. The first-order valence-electron chi connectivity index (χ1n) is 9.27. The van der Waals surface area contributed by atoms with E-state index in [1.807, 2.05) is 0 Å². The second-order valence-corrected chi connectivity index (χ2v) is 6.69. The van der Waals surface area contributed by atoms with Crippen molar-refractivity contribution >= 4 is 23.3 Å². The van der Waals surface area contributed by atoms with Crippen molar-refractivity contribution < 1.29 is 14.3 Å². The molecule has 1 aliphatic rings. The minimum atomic E-state index is -0.348. The molecule has 0 radical (unpaired) electrons. The van der Waals surface area contributed by atoms with Gasteiger partial charge in [-0.2, -0.15) is 0 Å². The van der Waals surface area contributed by atoms with Gasteiger partial charge in [-0.05, 0) is 61.4 Å². The molecular formula is C21H25N3O3. The van der Waals surface area contributed by atoms with Crippen LogP contribution in [0.25, 0.3) is 0 Å². The fraction of sp³-hybridized carbons (Fsp3) is 0.333. The Morgan fingerprint density at radius 1 is 0.852 bits per heavy atom. The number of methoxy groups -OCH3 is 1. The van der Waals surface area contributed by atoms with E-state index < -0.39 is 0 Å².